The van der Waals surface area contributed by atoms with Gasteiger partial charge in [-0.05, 0) is 18.2 Å². The molecule has 0 heterocycles. The topological polar surface area (TPSA) is 62.1 Å². The molecule has 1 rings (SSSR count). The molecule has 0 spiro atoms. The Morgan fingerprint density at radius 1 is 1.42 bits per heavy atom. The Balaban J connectivity index is 2.33. The minimum Gasteiger partial charge on any atom is -0.371 e. The third kappa shape index (κ3) is 6.43. The van der Waals surface area contributed by atoms with Crippen LogP contribution in [-0.4, -0.2) is 25.3 Å². The molecule has 0 aromatic heterocycles. The fourth-order valence-electron chi connectivity index (χ4n) is 1.22. The number of carbonyl (C=O) groups is 1. The van der Waals surface area contributed by atoms with Gasteiger partial charge in [0.05, 0.1) is 24.7 Å². The van der Waals surface area contributed by atoms with Crippen LogP contribution < -0.4 is 5.32 Å². The molecule has 1 aromatic carbocycles. The van der Waals surface area contributed by atoms with E-state index in [9.17, 15) is 18.0 Å². The zero-order valence-corrected chi connectivity index (χ0v) is 9.83. The highest BCUT2D eigenvalue weighted by molar-refractivity contribution is 5.91. The average Bonchev–Trinajstić information content (AvgIpc) is 2.34. The van der Waals surface area contributed by atoms with Gasteiger partial charge in [0, 0.05) is 5.69 Å². The summed E-state index contributed by atoms with van der Waals surface area (Å²) in [6.07, 6.45) is -5.39. The molecule has 0 aliphatic carbocycles. The van der Waals surface area contributed by atoms with Crippen molar-refractivity contribution in [3.8, 4) is 6.07 Å². The van der Waals surface area contributed by atoms with Crippen LogP contribution in [0, 0.1) is 11.3 Å². The van der Waals surface area contributed by atoms with E-state index < -0.39 is 31.7 Å². The maximum atomic E-state index is 11.8. The first-order valence-electron chi connectivity index (χ1n) is 5.35. The predicted octanol–water partition coefficient (Wildman–Crippen LogP) is 2.47. The molecule has 0 unspecified atom stereocenters. The Morgan fingerprint density at radius 3 is 2.79 bits per heavy atom. The van der Waals surface area contributed by atoms with Crippen molar-refractivity contribution in [1.29, 1.82) is 5.26 Å². The van der Waals surface area contributed by atoms with Crippen LogP contribution in [0.1, 0.15) is 12.0 Å². The highest BCUT2D eigenvalue weighted by atomic mass is 19.4. The van der Waals surface area contributed by atoms with Gasteiger partial charge in [-0.3, -0.25) is 4.79 Å². The number of alkyl halides is 3. The van der Waals surface area contributed by atoms with Gasteiger partial charge < -0.3 is 10.1 Å². The van der Waals surface area contributed by atoms with Crippen molar-refractivity contribution < 1.29 is 22.7 Å². The van der Waals surface area contributed by atoms with Crippen LogP contribution in [0.15, 0.2) is 24.3 Å². The van der Waals surface area contributed by atoms with Crippen molar-refractivity contribution in [2.45, 2.75) is 12.6 Å². The lowest BCUT2D eigenvalue weighted by molar-refractivity contribution is -0.147. The predicted molar refractivity (Wildman–Crippen MR) is 61.3 cm³/mol. The third-order valence-electron chi connectivity index (χ3n) is 2.04. The number of nitrogens with zero attached hydrogens (tertiary/aromatic N) is 1. The number of amides is 1. The molecule has 1 amide bonds. The number of nitrogens with one attached hydrogen (secondary N) is 1. The molecule has 0 saturated carbocycles. The average molecular weight is 272 g/mol. The second-order valence-electron chi connectivity index (χ2n) is 3.66. The van der Waals surface area contributed by atoms with Gasteiger partial charge in [-0.2, -0.15) is 18.4 Å². The van der Waals surface area contributed by atoms with Gasteiger partial charge in [-0.15, -0.1) is 0 Å². The van der Waals surface area contributed by atoms with Gasteiger partial charge in [0.25, 0.3) is 0 Å². The molecule has 0 atom stereocenters. The van der Waals surface area contributed by atoms with E-state index in [0.29, 0.717) is 11.3 Å². The number of benzene rings is 1. The molecule has 7 heteroatoms. The van der Waals surface area contributed by atoms with Crippen molar-refractivity contribution in [3.05, 3.63) is 29.8 Å². The monoisotopic (exact) mass is 272 g/mol. The normalized spacial score (nSPS) is 10.8. The van der Waals surface area contributed by atoms with Crippen LogP contribution in [-0.2, 0) is 9.53 Å². The number of carbonyl (C=O) groups excluding carboxylic acids is 1. The summed E-state index contributed by atoms with van der Waals surface area (Å²) < 4.78 is 40.0. The molecule has 102 valence electrons. The van der Waals surface area contributed by atoms with E-state index in [1.807, 2.05) is 6.07 Å². The molecule has 0 fully saturated rings. The number of hydrogen-bond donors (Lipinski definition) is 1. The molecular formula is C12H11F3N2O2. The molecule has 0 bridgehead atoms. The maximum Gasteiger partial charge on any atom is 0.391 e. The van der Waals surface area contributed by atoms with Gasteiger partial charge >= 0.3 is 6.18 Å². The number of halogens is 3. The highest BCUT2D eigenvalue weighted by Gasteiger charge is 2.26. The standard InChI is InChI=1S/C12H11F3N2O2/c13-12(14,15)4-5-19-8-11(18)17-10-3-1-2-9(6-10)7-16/h1-3,6H,4-5,8H2,(H,17,18). The Labute approximate surface area is 107 Å². The zero-order chi connectivity index (χ0) is 14.3. The van der Waals surface area contributed by atoms with E-state index in [-0.39, 0.29) is 0 Å². The quantitative estimate of drug-likeness (QED) is 0.837. The molecule has 4 nitrogen and oxygen atoms in total. The molecule has 1 N–H and O–H groups in total. The van der Waals surface area contributed by atoms with Crippen LogP contribution in [0.2, 0.25) is 0 Å². The van der Waals surface area contributed by atoms with Crippen LogP contribution in [0.25, 0.3) is 0 Å². The van der Waals surface area contributed by atoms with E-state index in [4.69, 9.17) is 5.26 Å². The fraction of sp³-hybridized carbons (Fsp3) is 0.333. The van der Waals surface area contributed by atoms with Crippen LogP contribution in [0.4, 0.5) is 18.9 Å². The molecule has 0 saturated heterocycles. The van der Waals surface area contributed by atoms with E-state index in [1.54, 1.807) is 18.2 Å². The van der Waals surface area contributed by atoms with Gasteiger partial charge in [-0.25, -0.2) is 0 Å². The summed E-state index contributed by atoms with van der Waals surface area (Å²) in [6, 6.07) is 8.06. The van der Waals surface area contributed by atoms with E-state index in [2.05, 4.69) is 10.1 Å². The summed E-state index contributed by atoms with van der Waals surface area (Å²) in [4.78, 5) is 11.3. The summed E-state index contributed by atoms with van der Waals surface area (Å²) >= 11 is 0. The Kier molecular flexibility index (Phi) is 5.33. The lowest BCUT2D eigenvalue weighted by Gasteiger charge is -2.08. The molecule has 0 aliphatic rings. The Bertz CT molecular complexity index is 481. The van der Waals surface area contributed by atoms with E-state index in [1.165, 1.54) is 6.07 Å². The van der Waals surface area contributed by atoms with Gasteiger partial charge in [0.1, 0.15) is 6.61 Å². The fourth-order valence-corrected chi connectivity index (χ4v) is 1.22. The lowest BCUT2D eigenvalue weighted by Crippen LogP contribution is -2.20. The summed E-state index contributed by atoms with van der Waals surface area (Å²) in [5, 5.41) is 11.1. The lowest BCUT2D eigenvalue weighted by atomic mass is 10.2. The minimum absolute atomic E-state index is 0.371. The molecular weight excluding hydrogens is 261 g/mol. The summed E-state index contributed by atoms with van der Waals surface area (Å²) in [7, 11) is 0. The number of nitriles is 1. The van der Waals surface area contributed by atoms with E-state index in [0.717, 1.165) is 0 Å². The third-order valence-corrected chi connectivity index (χ3v) is 2.04. The summed E-state index contributed by atoms with van der Waals surface area (Å²) in [5.41, 5.74) is 0.763. The minimum atomic E-state index is -4.29. The molecule has 1 aromatic rings. The zero-order valence-electron chi connectivity index (χ0n) is 9.83. The first kappa shape index (κ1) is 15.0. The number of rotatable bonds is 5. The van der Waals surface area contributed by atoms with Crippen molar-refractivity contribution >= 4 is 11.6 Å². The van der Waals surface area contributed by atoms with E-state index >= 15 is 0 Å². The van der Waals surface area contributed by atoms with Crippen LogP contribution in [0.5, 0.6) is 0 Å². The molecule has 0 radical (unpaired) electrons. The Morgan fingerprint density at radius 2 is 2.16 bits per heavy atom. The smallest absolute Gasteiger partial charge is 0.371 e. The van der Waals surface area contributed by atoms with Gasteiger partial charge in [-0.1, -0.05) is 6.07 Å². The first-order valence-corrected chi connectivity index (χ1v) is 5.35. The summed E-state index contributed by atoms with van der Waals surface area (Å²) in [6.45, 7) is -1.03. The van der Waals surface area contributed by atoms with Crippen molar-refractivity contribution in [3.63, 3.8) is 0 Å². The second-order valence-corrected chi connectivity index (χ2v) is 3.66. The van der Waals surface area contributed by atoms with Gasteiger partial charge in [0.2, 0.25) is 5.91 Å². The summed E-state index contributed by atoms with van der Waals surface area (Å²) in [5.74, 6) is -0.572. The van der Waals surface area contributed by atoms with Crippen LogP contribution in [0.3, 0.4) is 0 Å². The van der Waals surface area contributed by atoms with Crippen molar-refractivity contribution in [2.24, 2.45) is 0 Å². The number of hydrogen-bond acceptors (Lipinski definition) is 3. The first-order chi connectivity index (χ1) is 8.90. The second kappa shape index (κ2) is 6.75. The molecule has 0 aliphatic heterocycles. The van der Waals surface area contributed by atoms with Crippen LogP contribution >= 0.6 is 0 Å². The SMILES string of the molecule is N#Cc1cccc(NC(=O)COCCC(F)(F)F)c1. The van der Waals surface area contributed by atoms with Crippen molar-refractivity contribution in [1.82, 2.24) is 0 Å². The Hall–Kier alpha value is -2.07. The number of anilines is 1. The largest absolute Gasteiger partial charge is 0.391 e. The van der Waals surface area contributed by atoms with Gasteiger partial charge in [0.15, 0.2) is 0 Å². The highest BCUT2D eigenvalue weighted by Crippen LogP contribution is 2.18. The molecule has 19 heavy (non-hydrogen) atoms. The van der Waals surface area contributed by atoms with Crippen molar-refractivity contribution in [2.75, 3.05) is 18.5 Å². The number of ether oxygens (including phenoxy) is 1. The maximum absolute atomic E-state index is 11.8.